The SMILES string of the molecule is CN(Cc1nccc(N)n1)[C@@H]1CCN(C(=O)c2cccc(Cl)c2Cl)C1. The minimum atomic E-state index is -0.0939. The fourth-order valence-corrected chi connectivity index (χ4v) is 3.35. The molecule has 8 heteroatoms. The van der Waals surface area contributed by atoms with E-state index in [1.54, 1.807) is 35.4 Å². The highest BCUT2D eigenvalue weighted by Gasteiger charge is 2.30. The number of carbonyl (C=O) groups is 1. The fraction of sp³-hybridized carbons (Fsp3) is 0.353. The van der Waals surface area contributed by atoms with Crippen molar-refractivity contribution in [2.45, 2.75) is 19.0 Å². The number of amides is 1. The number of aromatic nitrogens is 2. The smallest absolute Gasteiger partial charge is 0.255 e. The Morgan fingerprint density at radius 1 is 1.40 bits per heavy atom. The minimum Gasteiger partial charge on any atom is -0.384 e. The van der Waals surface area contributed by atoms with Gasteiger partial charge in [-0.05, 0) is 31.7 Å². The van der Waals surface area contributed by atoms with Crippen LogP contribution in [0.25, 0.3) is 0 Å². The van der Waals surface area contributed by atoms with Gasteiger partial charge in [0.15, 0.2) is 0 Å². The van der Waals surface area contributed by atoms with Crippen LogP contribution in [0.4, 0.5) is 5.82 Å². The van der Waals surface area contributed by atoms with Crippen LogP contribution in [0, 0.1) is 0 Å². The number of benzene rings is 1. The van der Waals surface area contributed by atoms with Crippen LogP contribution in [0.5, 0.6) is 0 Å². The molecule has 1 amide bonds. The molecule has 0 radical (unpaired) electrons. The number of anilines is 1. The van der Waals surface area contributed by atoms with Gasteiger partial charge in [-0.25, -0.2) is 9.97 Å². The topological polar surface area (TPSA) is 75.4 Å². The van der Waals surface area contributed by atoms with Crippen molar-refractivity contribution in [3.63, 3.8) is 0 Å². The van der Waals surface area contributed by atoms with Crippen LogP contribution in [-0.4, -0.2) is 51.9 Å². The summed E-state index contributed by atoms with van der Waals surface area (Å²) in [6.45, 7) is 1.88. The molecule has 0 unspecified atom stereocenters. The molecule has 2 aromatic rings. The zero-order valence-corrected chi connectivity index (χ0v) is 15.3. The normalized spacial score (nSPS) is 17.3. The average Bonchev–Trinajstić information content (AvgIpc) is 3.07. The van der Waals surface area contributed by atoms with Gasteiger partial charge >= 0.3 is 0 Å². The molecule has 1 fully saturated rings. The van der Waals surface area contributed by atoms with Crippen molar-refractivity contribution in [3.8, 4) is 0 Å². The Morgan fingerprint density at radius 3 is 2.96 bits per heavy atom. The molecule has 1 saturated heterocycles. The highest BCUT2D eigenvalue weighted by atomic mass is 35.5. The van der Waals surface area contributed by atoms with Gasteiger partial charge in [0.1, 0.15) is 11.6 Å². The summed E-state index contributed by atoms with van der Waals surface area (Å²) in [5.41, 5.74) is 6.14. The molecule has 0 spiro atoms. The van der Waals surface area contributed by atoms with Crippen molar-refractivity contribution < 1.29 is 4.79 Å². The van der Waals surface area contributed by atoms with Crippen LogP contribution in [0.1, 0.15) is 22.6 Å². The summed E-state index contributed by atoms with van der Waals surface area (Å²) in [5.74, 6) is 1.03. The number of nitrogens with zero attached hydrogens (tertiary/aromatic N) is 4. The van der Waals surface area contributed by atoms with E-state index in [0.717, 1.165) is 6.42 Å². The van der Waals surface area contributed by atoms with E-state index in [0.29, 0.717) is 46.9 Å². The van der Waals surface area contributed by atoms with E-state index in [-0.39, 0.29) is 11.9 Å². The quantitative estimate of drug-likeness (QED) is 0.883. The molecule has 0 bridgehead atoms. The maximum Gasteiger partial charge on any atom is 0.255 e. The highest BCUT2D eigenvalue weighted by molar-refractivity contribution is 6.43. The summed E-state index contributed by atoms with van der Waals surface area (Å²) in [7, 11) is 2.00. The maximum atomic E-state index is 12.7. The summed E-state index contributed by atoms with van der Waals surface area (Å²) < 4.78 is 0. The summed E-state index contributed by atoms with van der Waals surface area (Å²) >= 11 is 12.2. The molecular weight excluding hydrogens is 361 g/mol. The van der Waals surface area contributed by atoms with Crippen LogP contribution < -0.4 is 5.73 Å². The third kappa shape index (κ3) is 4.03. The van der Waals surface area contributed by atoms with Crippen molar-refractivity contribution in [1.82, 2.24) is 19.8 Å². The second-order valence-corrected chi connectivity index (χ2v) is 6.89. The van der Waals surface area contributed by atoms with Crippen LogP contribution in [-0.2, 0) is 6.54 Å². The van der Waals surface area contributed by atoms with Crippen molar-refractivity contribution in [2.75, 3.05) is 25.9 Å². The number of carbonyl (C=O) groups excluding carboxylic acids is 1. The Hall–Kier alpha value is -1.89. The van der Waals surface area contributed by atoms with E-state index in [1.807, 2.05) is 7.05 Å². The van der Waals surface area contributed by atoms with Gasteiger partial charge in [-0.3, -0.25) is 9.69 Å². The molecule has 1 atom stereocenters. The second-order valence-electron chi connectivity index (χ2n) is 6.11. The maximum absolute atomic E-state index is 12.7. The molecule has 6 nitrogen and oxygen atoms in total. The van der Waals surface area contributed by atoms with Gasteiger partial charge in [0.25, 0.3) is 5.91 Å². The molecule has 25 heavy (non-hydrogen) atoms. The lowest BCUT2D eigenvalue weighted by Crippen LogP contribution is -2.36. The Balaban J connectivity index is 1.64. The van der Waals surface area contributed by atoms with Crippen molar-refractivity contribution in [2.24, 2.45) is 0 Å². The molecule has 1 aliphatic heterocycles. The van der Waals surface area contributed by atoms with Gasteiger partial charge in [-0.2, -0.15) is 0 Å². The molecule has 2 N–H and O–H groups in total. The predicted molar refractivity (Wildman–Crippen MR) is 98.7 cm³/mol. The first kappa shape index (κ1) is 17.9. The summed E-state index contributed by atoms with van der Waals surface area (Å²) in [6, 6.07) is 7.00. The number of rotatable bonds is 4. The monoisotopic (exact) mass is 379 g/mol. The van der Waals surface area contributed by atoms with Gasteiger partial charge in [0, 0.05) is 25.3 Å². The molecule has 3 rings (SSSR count). The molecule has 2 heterocycles. The lowest BCUT2D eigenvalue weighted by atomic mass is 10.2. The Kier molecular flexibility index (Phi) is 5.42. The fourth-order valence-electron chi connectivity index (χ4n) is 2.97. The third-order valence-corrected chi connectivity index (χ3v) is 5.19. The number of halogens is 2. The number of hydrogen-bond acceptors (Lipinski definition) is 5. The third-order valence-electron chi connectivity index (χ3n) is 4.37. The van der Waals surface area contributed by atoms with Gasteiger partial charge in [0.2, 0.25) is 0 Å². The van der Waals surface area contributed by atoms with E-state index >= 15 is 0 Å². The number of nitrogen functional groups attached to an aromatic ring is 1. The standard InChI is InChI=1S/C17H19Cl2N5O/c1-23(10-15-21-7-5-14(20)22-15)11-6-8-24(9-11)17(25)12-3-2-4-13(18)16(12)19/h2-5,7,11H,6,8-10H2,1H3,(H2,20,21,22)/t11-/m1/s1. The molecule has 132 valence electrons. The van der Waals surface area contributed by atoms with E-state index in [4.69, 9.17) is 28.9 Å². The summed E-state index contributed by atoms with van der Waals surface area (Å²) in [5, 5.41) is 0.693. The lowest BCUT2D eigenvalue weighted by molar-refractivity contribution is 0.0779. The van der Waals surface area contributed by atoms with E-state index < -0.39 is 0 Å². The first-order valence-corrected chi connectivity index (χ1v) is 8.72. The van der Waals surface area contributed by atoms with Crippen LogP contribution in [0.15, 0.2) is 30.5 Å². The first-order chi connectivity index (χ1) is 12.0. The first-order valence-electron chi connectivity index (χ1n) is 7.96. The molecule has 1 aromatic carbocycles. The Morgan fingerprint density at radius 2 is 2.20 bits per heavy atom. The molecular formula is C17H19Cl2N5O. The van der Waals surface area contributed by atoms with E-state index in [1.165, 1.54) is 0 Å². The van der Waals surface area contributed by atoms with E-state index in [2.05, 4.69) is 14.9 Å². The number of likely N-dealkylation sites (N-methyl/N-ethyl adjacent to an activating group) is 1. The molecule has 1 aromatic heterocycles. The molecule has 0 saturated carbocycles. The Labute approximate surface area is 156 Å². The van der Waals surface area contributed by atoms with Gasteiger partial charge in [0.05, 0.1) is 22.2 Å². The lowest BCUT2D eigenvalue weighted by Gasteiger charge is -2.24. The summed E-state index contributed by atoms with van der Waals surface area (Å²) in [4.78, 5) is 25.1. The summed E-state index contributed by atoms with van der Waals surface area (Å²) in [6.07, 6.45) is 2.53. The minimum absolute atomic E-state index is 0.0939. The average molecular weight is 380 g/mol. The zero-order valence-electron chi connectivity index (χ0n) is 13.8. The zero-order chi connectivity index (χ0) is 18.0. The van der Waals surface area contributed by atoms with Crippen LogP contribution in [0.2, 0.25) is 10.0 Å². The van der Waals surface area contributed by atoms with Gasteiger partial charge in [-0.1, -0.05) is 29.3 Å². The number of nitrogens with two attached hydrogens (primary N) is 1. The van der Waals surface area contributed by atoms with Crippen LogP contribution in [0.3, 0.4) is 0 Å². The highest BCUT2D eigenvalue weighted by Crippen LogP contribution is 2.28. The number of hydrogen-bond donors (Lipinski definition) is 1. The van der Waals surface area contributed by atoms with Gasteiger partial charge in [-0.15, -0.1) is 0 Å². The van der Waals surface area contributed by atoms with Crippen molar-refractivity contribution in [3.05, 3.63) is 51.9 Å². The van der Waals surface area contributed by atoms with Crippen LogP contribution >= 0.6 is 23.2 Å². The van der Waals surface area contributed by atoms with Crippen molar-refractivity contribution in [1.29, 1.82) is 0 Å². The largest absolute Gasteiger partial charge is 0.384 e. The molecule has 1 aliphatic rings. The van der Waals surface area contributed by atoms with Crippen molar-refractivity contribution >= 4 is 34.9 Å². The number of likely N-dealkylation sites (tertiary alicyclic amines) is 1. The predicted octanol–water partition coefficient (Wildman–Crippen LogP) is 2.71. The second kappa shape index (κ2) is 7.56. The Bertz CT molecular complexity index is 785. The molecule has 0 aliphatic carbocycles. The van der Waals surface area contributed by atoms with E-state index in [9.17, 15) is 4.79 Å². The van der Waals surface area contributed by atoms with Gasteiger partial charge < -0.3 is 10.6 Å².